The number of aryl methyl sites for hydroxylation is 1. The van der Waals surface area contributed by atoms with Crippen molar-refractivity contribution in [3.05, 3.63) is 78.4 Å². The van der Waals surface area contributed by atoms with Crippen LogP contribution in [0, 0.1) is 6.92 Å². The van der Waals surface area contributed by atoms with Gasteiger partial charge < -0.3 is 14.4 Å². The minimum absolute atomic E-state index is 0.0522. The average molecular weight is 406 g/mol. The first-order valence-electron chi connectivity index (χ1n) is 10.0. The fourth-order valence-corrected chi connectivity index (χ4v) is 4.02. The van der Waals surface area contributed by atoms with Gasteiger partial charge in [-0.15, -0.1) is 0 Å². The smallest absolute Gasteiger partial charge is 0.250 e. The summed E-state index contributed by atoms with van der Waals surface area (Å²) in [5.41, 5.74) is 3.79. The SMILES string of the molecule is Cc1cccc(N(c2ccccc2)c2c(O)cccc2O[Si](C)(C)C(C)(C)C)c1. The van der Waals surface area contributed by atoms with Crippen molar-refractivity contribution in [3.8, 4) is 11.5 Å². The van der Waals surface area contributed by atoms with Crippen molar-refractivity contribution in [2.45, 2.75) is 45.8 Å². The predicted octanol–water partition coefficient (Wildman–Crippen LogP) is 7.55. The first-order valence-corrected chi connectivity index (χ1v) is 12.9. The molecule has 3 aromatic rings. The molecule has 0 amide bonds. The largest absolute Gasteiger partial charge is 0.542 e. The third-order valence-electron chi connectivity index (χ3n) is 5.65. The first-order chi connectivity index (χ1) is 13.6. The Bertz CT molecular complexity index is 978. The van der Waals surface area contributed by atoms with Gasteiger partial charge in [-0.1, -0.05) is 57.2 Å². The van der Waals surface area contributed by atoms with Gasteiger partial charge in [-0.05, 0) is 67.0 Å². The molecule has 0 heterocycles. The van der Waals surface area contributed by atoms with E-state index < -0.39 is 8.32 Å². The Morgan fingerprint density at radius 3 is 2.07 bits per heavy atom. The van der Waals surface area contributed by atoms with E-state index >= 15 is 0 Å². The molecule has 29 heavy (non-hydrogen) atoms. The summed E-state index contributed by atoms with van der Waals surface area (Å²) >= 11 is 0. The van der Waals surface area contributed by atoms with Crippen molar-refractivity contribution in [2.75, 3.05) is 4.90 Å². The lowest BCUT2D eigenvalue weighted by Gasteiger charge is -2.38. The van der Waals surface area contributed by atoms with Crippen LogP contribution in [-0.4, -0.2) is 13.4 Å². The topological polar surface area (TPSA) is 32.7 Å². The summed E-state index contributed by atoms with van der Waals surface area (Å²) in [5.74, 6) is 0.911. The zero-order valence-electron chi connectivity index (χ0n) is 18.2. The normalized spacial score (nSPS) is 11.9. The third-order valence-corrected chi connectivity index (χ3v) is 9.99. The van der Waals surface area contributed by atoms with Crippen LogP contribution in [0.2, 0.25) is 18.1 Å². The maximum Gasteiger partial charge on any atom is 0.250 e. The maximum atomic E-state index is 10.9. The third kappa shape index (κ3) is 4.48. The second-order valence-electron chi connectivity index (χ2n) is 9.00. The zero-order valence-corrected chi connectivity index (χ0v) is 19.2. The number of benzene rings is 3. The van der Waals surface area contributed by atoms with E-state index in [0.717, 1.165) is 16.9 Å². The fraction of sp³-hybridized carbons (Fsp3) is 0.280. The highest BCUT2D eigenvalue weighted by Gasteiger charge is 2.40. The molecule has 0 radical (unpaired) electrons. The van der Waals surface area contributed by atoms with E-state index in [-0.39, 0.29) is 10.8 Å². The highest BCUT2D eigenvalue weighted by Crippen LogP contribution is 2.48. The molecule has 0 unspecified atom stereocenters. The van der Waals surface area contributed by atoms with Crippen molar-refractivity contribution < 1.29 is 9.53 Å². The van der Waals surface area contributed by atoms with Crippen LogP contribution in [-0.2, 0) is 0 Å². The Morgan fingerprint density at radius 2 is 1.45 bits per heavy atom. The number of rotatable bonds is 5. The van der Waals surface area contributed by atoms with Crippen LogP contribution in [0.3, 0.4) is 0 Å². The second kappa shape index (κ2) is 7.95. The van der Waals surface area contributed by atoms with Crippen LogP contribution in [0.4, 0.5) is 17.1 Å². The molecule has 0 atom stereocenters. The van der Waals surface area contributed by atoms with Gasteiger partial charge in [0.2, 0.25) is 0 Å². The van der Waals surface area contributed by atoms with Gasteiger partial charge in [-0.2, -0.15) is 0 Å². The number of para-hydroxylation sites is 2. The monoisotopic (exact) mass is 405 g/mol. The van der Waals surface area contributed by atoms with E-state index in [9.17, 15) is 5.11 Å². The lowest BCUT2D eigenvalue weighted by atomic mass is 10.1. The van der Waals surface area contributed by atoms with Crippen LogP contribution in [0.1, 0.15) is 26.3 Å². The molecule has 3 rings (SSSR count). The molecule has 0 aliphatic carbocycles. The maximum absolute atomic E-state index is 10.9. The van der Waals surface area contributed by atoms with E-state index in [0.29, 0.717) is 11.4 Å². The molecule has 0 spiro atoms. The predicted molar refractivity (Wildman–Crippen MR) is 125 cm³/mol. The Hall–Kier alpha value is -2.72. The van der Waals surface area contributed by atoms with Gasteiger partial charge in [-0.25, -0.2) is 0 Å². The summed E-state index contributed by atoms with van der Waals surface area (Å²) < 4.78 is 6.67. The van der Waals surface area contributed by atoms with Gasteiger partial charge in [0.15, 0.2) is 0 Å². The molecular weight excluding hydrogens is 374 g/mol. The number of phenols is 1. The van der Waals surface area contributed by atoms with E-state index in [1.54, 1.807) is 6.07 Å². The highest BCUT2D eigenvalue weighted by atomic mass is 28.4. The van der Waals surface area contributed by atoms with E-state index in [1.807, 2.05) is 48.5 Å². The minimum atomic E-state index is -2.10. The number of aromatic hydroxyl groups is 1. The van der Waals surface area contributed by atoms with Crippen molar-refractivity contribution in [1.82, 2.24) is 0 Å². The van der Waals surface area contributed by atoms with Gasteiger partial charge in [0.1, 0.15) is 17.2 Å². The van der Waals surface area contributed by atoms with E-state index in [4.69, 9.17) is 4.43 Å². The van der Waals surface area contributed by atoms with E-state index in [2.05, 4.69) is 63.9 Å². The molecule has 152 valence electrons. The van der Waals surface area contributed by atoms with Gasteiger partial charge in [-0.3, -0.25) is 0 Å². The second-order valence-corrected chi connectivity index (χ2v) is 13.7. The van der Waals surface area contributed by atoms with Gasteiger partial charge in [0.25, 0.3) is 8.32 Å². The summed E-state index contributed by atoms with van der Waals surface area (Å²) in [4.78, 5) is 2.07. The molecule has 0 saturated heterocycles. The van der Waals surface area contributed by atoms with Crippen molar-refractivity contribution >= 4 is 25.4 Å². The van der Waals surface area contributed by atoms with Crippen LogP contribution in [0.25, 0.3) is 0 Å². The number of hydrogen-bond acceptors (Lipinski definition) is 3. The molecule has 0 saturated carbocycles. The van der Waals surface area contributed by atoms with Crippen LogP contribution in [0.5, 0.6) is 11.5 Å². The number of hydrogen-bond donors (Lipinski definition) is 1. The molecular formula is C25H31NO2Si. The van der Waals surface area contributed by atoms with Crippen LogP contribution in [0.15, 0.2) is 72.8 Å². The van der Waals surface area contributed by atoms with Gasteiger partial charge >= 0.3 is 0 Å². The van der Waals surface area contributed by atoms with Gasteiger partial charge in [0, 0.05) is 11.4 Å². The first kappa shape index (κ1) is 21.0. The summed E-state index contributed by atoms with van der Waals surface area (Å²) in [6.45, 7) is 13.2. The van der Waals surface area contributed by atoms with E-state index in [1.165, 1.54) is 0 Å². The fourth-order valence-electron chi connectivity index (χ4n) is 3.00. The Kier molecular flexibility index (Phi) is 5.76. The van der Waals surface area contributed by atoms with Crippen molar-refractivity contribution in [1.29, 1.82) is 0 Å². The molecule has 0 fully saturated rings. The standard InChI is InChI=1S/C25H31NO2Si/c1-19-12-10-15-21(18-19)26(20-13-8-7-9-14-20)24-22(27)16-11-17-23(24)28-29(5,6)25(2,3)4/h7-18,27H,1-6H3. The average Bonchev–Trinajstić information content (AvgIpc) is 2.64. The summed E-state index contributed by atoms with van der Waals surface area (Å²) in [5, 5.41) is 11.0. The number of phenolic OH excluding ortho intramolecular Hbond substituents is 1. The van der Waals surface area contributed by atoms with Crippen LogP contribution >= 0.6 is 0 Å². The quantitative estimate of drug-likeness (QED) is 0.445. The zero-order chi connectivity index (χ0) is 21.2. The Balaban J connectivity index is 2.22. The highest BCUT2D eigenvalue weighted by molar-refractivity contribution is 6.74. The molecule has 3 nitrogen and oxygen atoms in total. The molecule has 0 bridgehead atoms. The van der Waals surface area contributed by atoms with Crippen LogP contribution < -0.4 is 9.33 Å². The molecule has 3 aromatic carbocycles. The summed E-state index contributed by atoms with van der Waals surface area (Å²) in [6.07, 6.45) is 0. The van der Waals surface area contributed by atoms with Gasteiger partial charge in [0.05, 0.1) is 0 Å². The lowest BCUT2D eigenvalue weighted by Crippen LogP contribution is -2.44. The molecule has 0 aromatic heterocycles. The molecule has 4 heteroatoms. The number of anilines is 3. The van der Waals surface area contributed by atoms with Crippen molar-refractivity contribution in [2.24, 2.45) is 0 Å². The molecule has 0 aliphatic rings. The number of nitrogens with zero attached hydrogens (tertiary/aromatic N) is 1. The molecule has 0 aliphatic heterocycles. The Labute approximate surface area is 175 Å². The Morgan fingerprint density at radius 1 is 0.828 bits per heavy atom. The summed E-state index contributed by atoms with van der Waals surface area (Å²) in [6, 6.07) is 23.9. The lowest BCUT2D eigenvalue weighted by molar-refractivity contribution is 0.463. The minimum Gasteiger partial charge on any atom is -0.542 e. The summed E-state index contributed by atoms with van der Waals surface area (Å²) in [7, 11) is -2.10. The molecule has 1 N–H and O–H groups in total. The van der Waals surface area contributed by atoms with Crippen molar-refractivity contribution in [3.63, 3.8) is 0 Å².